The largest absolute Gasteiger partial charge is 0.314 e. The Morgan fingerprint density at radius 2 is 1.74 bits per heavy atom. The van der Waals surface area contributed by atoms with E-state index in [2.05, 4.69) is 15.8 Å². The zero-order valence-corrected chi connectivity index (χ0v) is 11.5. The summed E-state index contributed by atoms with van der Waals surface area (Å²) < 4.78 is 0. The summed E-state index contributed by atoms with van der Waals surface area (Å²) in [7, 11) is 1.90. The molecule has 0 aliphatic carbocycles. The fourth-order valence-corrected chi connectivity index (χ4v) is 1.79. The van der Waals surface area contributed by atoms with Gasteiger partial charge in [-0.15, -0.1) is 0 Å². The predicted molar refractivity (Wildman–Crippen MR) is 82.0 cm³/mol. The summed E-state index contributed by atoms with van der Waals surface area (Å²) in [6, 6.07) is 17.5. The van der Waals surface area contributed by atoms with E-state index < -0.39 is 0 Å². The Balaban J connectivity index is 2.15. The van der Waals surface area contributed by atoms with Crippen LogP contribution in [0.1, 0.15) is 5.56 Å². The highest BCUT2D eigenvalue weighted by atomic mass is 35.5. The molecule has 98 valence electrons. The van der Waals surface area contributed by atoms with Crippen molar-refractivity contribution in [3.8, 4) is 0 Å². The van der Waals surface area contributed by atoms with Crippen LogP contribution >= 0.6 is 11.6 Å². The van der Waals surface area contributed by atoms with Crippen LogP contribution < -0.4 is 10.7 Å². The fourth-order valence-electron chi connectivity index (χ4n) is 1.66. The van der Waals surface area contributed by atoms with Crippen molar-refractivity contribution in [3.05, 3.63) is 65.2 Å². The van der Waals surface area contributed by atoms with Crippen molar-refractivity contribution in [2.24, 2.45) is 5.10 Å². The Bertz CT molecular complexity index is 535. The van der Waals surface area contributed by atoms with Crippen molar-refractivity contribution in [1.82, 2.24) is 5.32 Å². The van der Waals surface area contributed by atoms with Crippen LogP contribution in [0.3, 0.4) is 0 Å². The van der Waals surface area contributed by atoms with Crippen molar-refractivity contribution in [2.75, 3.05) is 19.0 Å². The van der Waals surface area contributed by atoms with Crippen LogP contribution in [0.4, 0.5) is 5.69 Å². The molecule has 0 spiro atoms. The highest BCUT2D eigenvalue weighted by molar-refractivity contribution is 6.30. The number of anilines is 1. The highest BCUT2D eigenvalue weighted by Crippen LogP contribution is 2.13. The van der Waals surface area contributed by atoms with E-state index in [0.29, 0.717) is 11.6 Å². The van der Waals surface area contributed by atoms with Gasteiger partial charge in [-0.2, -0.15) is 5.10 Å². The third kappa shape index (κ3) is 4.09. The molecular weight excluding hydrogens is 258 g/mol. The standard InChI is InChI=1S/C15H16ClN3/c1-17-11-15(12-5-3-2-4-6-12)19-18-14-9-7-13(16)8-10-14/h2-10,17-18H,11H2,1H3. The summed E-state index contributed by atoms with van der Waals surface area (Å²) >= 11 is 5.85. The van der Waals surface area contributed by atoms with E-state index in [-0.39, 0.29) is 0 Å². The van der Waals surface area contributed by atoms with Gasteiger partial charge in [-0.05, 0) is 36.9 Å². The lowest BCUT2D eigenvalue weighted by Crippen LogP contribution is -2.20. The molecule has 3 nitrogen and oxygen atoms in total. The predicted octanol–water partition coefficient (Wildman–Crippen LogP) is 3.38. The number of benzene rings is 2. The lowest BCUT2D eigenvalue weighted by atomic mass is 10.1. The molecule has 0 bridgehead atoms. The molecule has 0 heterocycles. The van der Waals surface area contributed by atoms with Gasteiger partial charge in [-0.1, -0.05) is 41.9 Å². The minimum Gasteiger partial charge on any atom is -0.314 e. The summed E-state index contributed by atoms with van der Waals surface area (Å²) in [6.45, 7) is 0.699. The van der Waals surface area contributed by atoms with Gasteiger partial charge in [0.1, 0.15) is 0 Å². The molecule has 4 heteroatoms. The number of nitrogens with zero attached hydrogens (tertiary/aromatic N) is 1. The molecule has 0 amide bonds. The summed E-state index contributed by atoms with van der Waals surface area (Å²) in [6.07, 6.45) is 0. The van der Waals surface area contributed by atoms with Crippen molar-refractivity contribution >= 4 is 23.0 Å². The molecule has 0 saturated carbocycles. The Labute approximate surface area is 118 Å². The van der Waals surface area contributed by atoms with E-state index in [0.717, 1.165) is 17.0 Å². The van der Waals surface area contributed by atoms with Crippen LogP contribution in [0.25, 0.3) is 0 Å². The monoisotopic (exact) mass is 273 g/mol. The zero-order valence-electron chi connectivity index (χ0n) is 10.7. The molecule has 0 fully saturated rings. The third-order valence-corrected chi connectivity index (χ3v) is 2.87. The van der Waals surface area contributed by atoms with Gasteiger partial charge in [0, 0.05) is 11.6 Å². The molecule has 0 aromatic heterocycles. The van der Waals surface area contributed by atoms with Gasteiger partial charge in [-0.3, -0.25) is 5.43 Å². The first-order chi connectivity index (χ1) is 9.29. The maximum absolute atomic E-state index is 5.85. The SMILES string of the molecule is CNCC(=NNc1ccc(Cl)cc1)c1ccccc1. The molecule has 0 unspecified atom stereocenters. The molecule has 0 saturated heterocycles. The van der Waals surface area contributed by atoms with E-state index in [1.54, 1.807) is 0 Å². The molecule has 0 radical (unpaired) electrons. The Hall–Kier alpha value is -1.84. The second-order valence-electron chi connectivity index (χ2n) is 4.07. The zero-order chi connectivity index (χ0) is 13.5. The third-order valence-electron chi connectivity index (χ3n) is 2.62. The molecule has 2 N–H and O–H groups in total. The average molecular weight is 274 g/mol. The molecule has 2 aromatic rings. The molecule has 2 aromatic carbocycles. The van der Waals surface area contributed by atoms with Gasteiger partial charge in [-0.25, -0.2) is 0 Å². The number of hydrazone groups is 1. The minimum absolute atomic E-state index is 0.699. The lowest BCUT2D eigenvalue weighted by Gasteiger charge is -2.07. The van der Waals surface area contributed by atoms with Crippen molar-refractivity contribution in [3.63, 3.8) is 0 Å². The van der Waals surface area contributed by atoms with Crippen LogP contribution in [0.15, 0.2) is 59.7 Å². The molecule has 0 atom stereocenters. The van der Waals surface area contributed by atoms with Crippen molar-refractivity contribution in [2.45, 2.75) is 0 Å². The van der Waals surface area contributed by atoms with E-state index in [1.807, 2.05) is 61.6 Å². The second kappa shape index (κ2) is 6.92. The molecule has 2 rings (SSSR count). The molecule has 19 heavy (non-hydrogen) atoms. The molecule has 0 aliphatic heterocycles. The summed E-state index contributed by atoms with van der Waals surface area (Å²) in [5.74, 6) is 0. The minimum atomic E-state index is 0.699. The van der Waals surface area contributed by atoms with E-state index in [9.17, 15) is 0 Å². The summed E-state index contributed by atoms with van der Waals surface area (Å²) in [4.78, 5) is 0. The van der Waals surface area contributed by atoms with Crippen LogP contribution in [-0.2, 0) is 0 Å². The number of halogens is 1. The topological polar surface area (TPSA) is 36.4 Å². The van der Waals surface area contributed by atoms with Gasteiger partial charge in [0.05, 0.1) is 11.4 Å². The first kappa shape index (κ1) is 13.6. The van der Waals surface area contributed by atoms with E-state index in [1.165, 1.54) is 0 Å². The maximum atomic E-state index is 5.85. The highest BCUT2D eigenvalue weighted by Gasteiger charge is 2.01. The van der Waals surface area contributed by atoms with E-state index >= 15 is 0 Å². The molecular formula is C15H16ClN3. The van der Waals surface area contributed by atoms with Gasteiger partial charge in [0.25, 0.3) is 0 Å². The maximum Gasteiger partial charge on any atom is 0.0817 e. The smallest absolute Gasteiger partial charge is 0.0817 e. The van der Waals surface area contributed by atoms with Crippen LogP contribution in [0.5, 0.6) is 0 Å². The average Bonchev–Trinajstić information content (AvgIpc) is 2.46. The first-order valence-electron chi connectivity index (χ1n) is 6.08. The fraction of sp³-hybridized carbons (Fsp3) is 0.133. The molecule has 0 aliphatic rings. The first-order valence-corrected chi connectivity index (χ1v) is 6.45. The van der Waals surface area contributed by atoms with E-state index in [4.69, 9.17) is 11.6 Å². The Morgan fingerprint density at radius 3 is 2.37 bits per heavy atom. The van der Waals surface area contributed by atoms with Gasteiger partial charge >= 0.3 is 0 Å². The van der Waals surface area contributed by atoms with Gasteiger partial charge in [0.15, 0.2) is 0 Å². The van der Waals surface area contributed by atoms with Gasteiger partial charge in [0.2, 0.25) is 0 Å². The number of likely N-dealkylation sites (N-methyl/N-ethyl adjacent to an activating group) is 1. The van der Waals surface area contributed by atoms with Gasteiger partial charge < -0.3 is 5.32 Å². The summed E-state index contributed by atoms with van der Waals surface area (Å²) in [5.41, 5.74) is 6.01. The Kier molecular flexibility index (Phi) is 4.95. The van der Waals surface area contributed by atoms with Crippen LogP contribution in [0.2, 0.25) is 5.02 Å². The Morgan fingerprint density at radius 1 is 1.05 bits per heavy atom. The summed E-state index contributed by atoms with van der Waals surface area (Å²) in [5, 5.41) is 8.28. The lowest BCUT2D eigenvalue weighted by molar-refractivity contribution is 0.943. The van der Waals surface area contributed by atoms with Crippen LogP contribution in [0, 0.1) is 0 Å². The number of hydrogen-bond acceptors (Lipinski definition) is 3. The van der Waals surface area contributed by atoms with Crippen molar-refractivity contribution in [1.29, 1.82) is 0 Å². The number of nitrogens with one attached hydrogen (secondary N) is 2. The quantitative estimate of drug-likeness (QED) is 0.647. The second-order valence-corrected chi connectivity index (χ2v) is 4.51. The normalized spacial score (nSPS) is 11.4. The number of rotatable bonds is 5. The number of hydrogen-bond donors (Lipinski definition) is 2. The van der Waals surface area contributed by atoms with Crippen molar-refractivity contribution < 1.29 is 0 Å². The van der Waals surface area contributed by atoms with Crippen LogP contribution in [-0.4, -0.2) is 19.3 Å².